The Morgan fingerprint density at radius 1 is 0.857 bits per heavy atom. The first-order valence-corrected chi connectivity index (χ1v) is 17.4. The lowest BCUT2D eigenvalue weighted by atomic mass is 9.79. The number of benzene rings is 3. The van der Waals surface area contributed by atoms with E-state index in [0.29, 0.717) is 19.3 Å². The Kier molecular flexibility index (Phi) is 11.8. The number of hydrogen-bond acceptors (Lipinski definition) is 5. The molecule has 8 nitrogen and oxygen atoms in total. The maximum atomic E-state index is 14.7. The van der Waals surface area contributed by atoms with Crippen LogP contribution in [0.25, 0.3) is 10.8 Å². The minimum Gasteiger partial charge on any atom is -0.351 e. The average molecular weight is 668 g/mol. The van der Waals surface area contributed by atoms with Crippen LogP contribution in [0.3, 0.4) is 0 Å². The predicted octanol–water partition coefficient (Wildman–Crippen LogP) is 5.78. The van der Waals surface area contributed by atoms with Crippen LogP contribution in [-0.4, -0.2) is 76.4 Å². The van der Waals surface area contributed by atoms with Crippen molar-refractivity contribution in [1.29, 1.82) is 0 Å². The van der Waals surface area contributed by atoms with Crippen molar-refractivity contribution < 1.29 is 14.4 Å². The molecule has 3 amide bonds. The van der Waals surface area contributed by atoms with Gasteiger partial charge >= 0.3 is 0 Å². The molecule has 1 aliphatic heterocycles. The molecule has 0 aromatic heterocycles. The molecule has 0 saturated carbocycles. The van der Waals surface area contributed by atoms with Crippen LogP contribution in [0.1, 0.15) is 78.9 Å². The minimum atomic E-state index is -0.851. The molecule has 1 saturated heterocycles. The third-order valence-electron chi connectivity index (χ3n) is 9.37. The Balaban J connectivity index is 1.68. The van der Waals surface area contributed by atoms with Crippen LogP contribution in [0.4, 0.5) is 0 Å². The zero-order chi connectivity index (χ0) is 36.1. The van der Waals surface area contributed by atoms with Gasteiger partial charge in [-0.25, -0.2) is 0 Å². The van der Waals surface area contributed by atoms with Gasteiger partial charge in [-0.05, 0) is 89.6 Å². The summed E-state index contributed by atoms with van der Waals surface area (Å²) in [6.07, 6.45) is 4.29. The predicted molar refractivity (Wildman–Crippen MR) is 200 cm³/mol. The van der Waals surface area contributed by atoms with E-state index in [1.54, 1.807) is 25.1 Å². The van der Waals surface area contributed by atoms with Crippen LogP contribution in [0.15, 0.2) is 84.4 Å². The molecule has 4 rings (SSSR count). The number of rotatable bonds is 12. The van der Waals surface area contributed by atoms with Gasteiger partial charge in [0.25, 0.3) is 0 Å². The summed E-state index contributed by atoms with van der Waals surface area (Å²) < 4.78 is 0. The molecule has 4 N–H and O–H groups in total. The molecular weight excluding hydrogens is 610 g/mol. The number of fused-ring (bicyclic) bond motifs is 1. The molecule has 264 valence electrons. The van der Waals surface area contributed by atoms with E-state index in [0.717, 1.165) is 40.3 Å². The summed E-state index contributed by atoms with van der Waals surface area (Å²) in [7, 11) is 3.36. The number of carbonyl (C=O) groups excluding carboxylic acids is 3. The summed E-state index contributed by atoms with van der Waals surface area (Å²) in [6, 6.07) is 22.3. The maximum absolute atomic E-state index is 14.7. The van der Waals surface area contributed by atoms with Gasteiger partial charge in [0.2, 0.25) is 17.7 Å². The molecule has 0 bridgehead atoms. The monoisotopic (exact) mass is 667 g/mol. The second kappa shape index (κ2) is 15.3. The Labute approximate surface area is 293 Å². The topological polar surface area (TPSA) is 108 Å². The van der Waals surface area contributed by atoms with E-state index in [-0.39, 0.29) is 34.8 Å². The number of nitrogens with one attached hydrogen (secondary N) is 2. The minimum absolute atomic E-state index is 0.0573. The van der Waals surface area contributed by atoms with E-state index in [9.17, 15) is 14.4 Å². The van der Waals surface area contributed by atoms with Crippen molar-refractivity contribution in [3.05, 3.63) is 95.6 Å². The van der Waals surface area contributed by atoms with E-state index in [2.05, 4.69) is 50.5 Å². The zero-order valence-electron chi connectivity index (χ0n) is 31.0. The first-order valence-electron chi connectivity index (χ1n) is 17.4. The molecule has 0 radical (unpaired) electrons. The largest absolute Gasteiger partial charge is 0.351 e. The molecule has 3 aromatic rings. The molecule has 8 heteroatoms. The number of amides is 3. The van der Waals surface area contributed by atoms with Gasteiger partial charge in [-0.15, -0.1) is 0 Å². The molecule has 1 aliphatic rings. The summed E-state index contributed by atoms with van der Waals surface area (Å²) in [6.45, 7) is 14.3. The first-order chi connectivity index (χ1) is 22.8. The maximum Gasteiger partial charge on any atom is 0.246 e. The Bertz CT molecular complexity index is 1640. The number of nitrogens with zero attached hydrogens (tertiary/aromatic N) is 2. The third-order valence-corrected chi connectivity index (χ3v) is 9.37. The highest BCUT2D eigenvalue weighted by molar-refractivity contribution is 5.95. The van der Waals surface area contributed by atoms with E-state index in [4.69, 9.17) is 5.73 Å². The smallest absolute Gasteiger partial charge is 0.246 e. The molecule has 0 unspecified atom stereocenters. The number of carbonyl (C=O) groups is 3. The fourth-order valence-corrected chi connectivity index (χ4v) is 7.57. The Morgan fingerprint density at radius 2 is 1.43 bits per heavy atom. The van der Waals surface area contributed by atoms with E-state index >= 15 is 0 Å². The van der Waals surface area contributed by atoms with Gasteiger partial charge in [-0.2, -0.15) is 0 Å². The number of piperidine rings is 1. The van der Waals surface area contributed by atoms with E-state index < -0.39 is 17.6 Å². The van der Waals surface area contributed by atoms with Crippen LogP contribution in [-0.2, 0) is 27.2 Å². The second-order valence-electron chi connectivity index (χ2n) is 16.2. The van der Waals surface area contributed by atoms with Gasteiger partial charge in [0, 0.05) is 55.7 Å². The van der Waals surface area contributed by atoms with Gasteiger partial charge in [-0.3, -0.25) is 14.4 Å². The lowest BCUT2D eigenvalue weighted by Crippen LogP contribution is -2.63. The highest BCUT2D eigenvalue weighted by atomic mass is 16.2. The summed E-state index contributed by atoms with van der Waals surface area (Å²) >= 11 is 0. The normalized spacial score (nSPS) is 17.6. The van der Waals surface area contributed by atoms with Crippen molar-refractivity contribution >= 4 is 28.5 Å². The summed E-state index contributed by atoms with van der Waals surface area (Å²) in [5, 5.41) is 9.16. The van der Waals surface area contributed by atoms with Crippen LogP contribution in [0.5, 0.6) is 0 Å². The summed E-state index contributed by atoms with van der Waals surface area (Å²) in [5.74, 6) is -0.772. The van der Waals surface area contributed by atoms with Gasteiger partial charge in [0.15, 0.2) is 0 Å². The molecule has 2 atom stereocenters. The highest BCUT2D eigenvalue weighted by Gasteiger charge is 2.40. The Hall–Kier alpha value is -4.01. The van der Waals surface area contributed by atoms with Crippen LogP contribution < -0.4 is 16.4 Å². The molecule has 3 aromatic carbocycles. The number of hydrogen-bond donors (Lipinski definition) is 3. The van der Waals surface area contributed by atoms with Crippen molar-refractivity contribution in [2.75, 3.05) is 14.1 Å². The highest BCUT2D eigenvalue weighted by Crippen LogP contribution is 2.29. The number of nitrogens with two attached hydrogens (primary N) is 1. The van der Waals surface area contributed by atoms with Crippen LogP contribution in [0, 0.1) is 0 Å². The van der Waals surface area contributed by atoms with Gasteiger partial charge in [0.1, 0.15) is 12.1 Å². The number of likely N-dealkylation sites (N-methyl/N-ethyl adjacent to an activating group) is 2. The molecular formula is C41H57N5O3. The van der Waals surface area contributed by atoms with Crippen molar-refractivity contribution in [3.8, 4) is 0 Å². The standard InChI is InChI=1S/C41H57N5O3/c1-28(25-39(2,3)42)21-36(47)45(8)35(24-30-19-20-31-17-13-14-18-32(31)22-30)38(49)46(9)34(23-29-15-11-10-12-16-29)37(48)43-33-26-40(4,5)44-41(6,7)27-33/h10-22,33-35,44H,23-27,42H2,1-9H3,(H,43,48)/b28-21+/t34-,35-/m1/s1. The quantitative estimate of drug-likeness (QED) is 0.213. The lowest BCUT2D eigenvalue weighted by Gasteiger charge is -2.47. The Morgan fingerprint density at radius 3 is 2.04 bits per heavy atom. The van der Waals surface area contributed by atoms with Crippen molar-refractivity contribution in [3.63, 3.8) is 0 Å². The van der Waals surface area contributed by atoms with Gasteiger partial charge in [-0.1, -0.05) is 78.4 Å². The summed E-state index contributed by atoms with van der Waals surface area (Å²) in [5.41, 5.74) is 8.16. The molecule has 0 spiro atoms. The van der Waals surface area contributed by atoms with Crippen molar-refractivity contribution in [2.24, 2.45) is 5.73 Å². The average Bonchev–Trinajstić information content (AvgIpc) is 2.99. The molecule has 1 heterocycles. The fraction of sp³-hybridized carbons (Fsp3) is 0.488. The molecule has 0 aliphatic carbocycles. The van der Waals surface area contributed by atoms with Gasteiger partial charge in [0.05, 0.1) is 0 Å². The van der Waals surface area contributed by atoms with Gasteiger partial charge < -0.3 is 26.2 Å². The van der Waals surface area contributed by atoms with Crippen LogP contribution in [0.2, 0.25) is 0 Å². The van der Waals surface area contributed by atoms with E-state index in [1.165, 1.54) is 4.90 Å². The summed E-state index contributed by atoms with van der Waals surface area (Å²) in [4.78, 5) is 45.8. The third kappa shape index (κ3) is 10.7. The molecule has 49 heavy (non-hydrogen) atoms. The van der Waals surface area contributed by atoms with Crippen LogP contribution >= 0.6 is 0 Å². The fourth-order valence-electron chi connectivity index (χ4n) is 7.57. The molecule has 1 fully saturated rings. The second-order valence-corrected chi connectivity index (χ2v) is 16.2. The van der Waals surface area contributed by atoms with Crippen molar-refractivity contribution in [1.82, 2.24) is 20.4 Å². The SMILES string of the molecule is C/C(=C\C(=O)N(C)[C@H](Cc1ccc2ccccc2c1)C(=O)N(C)[C@H](Cc1ccccc1)C(=O)NC1CC(C)(C)NC(C)(C)C1)CC(C)(C)N. The first kappa shape index (κ1) is 37.8. The zero-order valence-corrected chi connectivity index (χ0v) is 31.0. The lowest BCUT2D eigenvalue weighted by molar-refractivity contribution is -0.146. The van der Waals surface area contributed by atoms with Crippen molar-refractivity contribution in [2.45, 2.75) is 115 Å². The van der Waals surface area contributed by atoms with E-state index in [1.807, 2.05) is 81.4 Å².